The van der Waals surface area contributed by atoms with Crippen LogP contribution in [0.1, 0.15) is 27.7 Å². The third-order valence-electron chi connectivity index (χ3n) is 4.06. The zero-order chi connectivity index (χ0) is 14.5. The van der Waals surface area contributed by atoms with E-state index < -0.39 is 24.3 Å². The van der Waals surface area contributed by atoms with Crippen LogP contribution in [0.25, 0.3) is 11.0 Å². The fraction of sp³-hybridized carbons (Fsp3) is 0.429. The third kappa shape index (κ3) is 2.09. The standard InChI is InChI=1S/C14H16BFN2O2/c1-13(2)14(3,4)20-15(19-13)9-5-6-10-11(7-9)18-12(16)8-17-10/h5-8H,1-4H3. The Morgan fingerprint density at radius 2 is 1.70 bits per heavy atom. The van der Waals surface area contributed by atoms with Gasteiger partial charge in [0.25, 0.3) is 0 Å². The number of fused-ring (bicyclic) bond motifs is 1. The predicted molar refractivity (Wildman–Crippen MR) is 75.2 cm³/mol. The van der Waals surface area contributed by atoms with Crippen LogP contribution in [0.2, 0.25) is 0 Å². The minimum absolute atomic E-state index is 0.403. The first-order valence-corrected chi connectivity index (χ1v) is 6.56. The molecule has 0 saturated carbocycles. The van der Waals surface area contributed by atoms with Crippen LogP contribution in [0.5, 0.6) is 0 Å². The molecule has 1 aromatic carbocycles. The molecule has 0 N–H and O–H groups in total. The molecule has 0 spiro atoms. The van der Waals surface area contributed by atoms with Crippen molar-refractivity contribution >= 4 is 23.6 Å². The lowest BCUT2D eigenvalue weighted by molar-refractivity contribution is 0.00578. The molecule has 1 aliphatic rings. The number of rotatable bonds is 1. The number of aromatic nitrogens is 2. The van der Waals surface area contributed by atoms with E-state index in [9.17, 15) is 4.39 Å². The lowest BCUT2D eigenvalue weighted by Gasteiger charge is -2.32. The van der Waals surface area contributed by atoms with Crippen molar-refractivity contribution in [2.45, 2.75) is 38.9 Å². The van der Waals surface area contributed by atoms with E-state index in [-0.39, 0.29) is 0 Å². The molecule has 104 valence electrons. The van der Waals surface area contributed by atoms with Crippen LogP contribution in [-0.2, 0) is 9.31 Å². The van der Waals surface area contributed by atoms with Crippen LogP contribution < -0.4 is 5.46 Å². The van der Waals surface area contributed by atoms with E-state index in [2.05, 4.69) is 9.97 Å². The molecule has 0 atom stereocenters. The van der Waals surface area contributed by atoms with Crippen molar-refractivity contribution in [2.24, 2.45) is 0 Å². The first kappa shape index (κ1) is 13.5. The Morgan fingerprint density at radius 3 is 2.35 bits per heavy atom. The van der Waals surface area contributed by atoms with E-state index in [4.69, 9.17) is 9.31 Å². The Labute approximate surface area is 117 Å². The maximum Gasteiger partial charge on any atom is 0.494 e. The third-order valence-corrected chi connectivity index (χ3v) is 4.06. The fourth-order valence-corrected chi connectivity index (χ4v) is 2.13. The maximum atomic E-state index is 13.2. The SMILES string of the molecule is CC1(C)OB(c2ccc3ncc(F)nc3c2)OC1(C)C. The highest BCUT2D eigenvalue weighted by Gasteiger charge is 2.51. The number of hydrogen-bond acceptors (Lipinski definition) is 4. The van der Waals surface area contributed by atoms with Crippen LogP contribution in [0.3, 0.4) is 0 Å². The summed E-state index contributed by atoms with van der Waals surface area (Å²) in [5.41, 5.74) is 1.15. The second kappa shape index (κ2) is 4.23. The van der Waals surface area contributed by atoms with E-state index in [1.807, 2.05) is 33.8 Å². The van der Waals surface area contributed by atoms with Crippen molar-refractivity contribution in [3.63, 3.8) is 0 Å². The van der Waals surface area contributed by atoms with E-state index in [0.717, 1.165) is 11.7 Å². The number of halogens is 1. The van der Waals surface area contributed by atoms with Gasteiger partial charge in [-0.3, -0.25) is 0 Å². The molecule has 0 aliphatic carbocycles. The van der Waals surface area contributed by atoms with Crippen molar-refractivity contribution in [3.8, 4) is 0 Å². The molecule has 1 aromatic heterocycles. The highest BCUT2D eigenvalue weighted by atomic mass is 19.1. The van der Waals surface area contributed by atoms with Gasteiger partial charge in [-0.2, -0.15) is 4.39 Å². The molecule has 1 fully saturated rings. The maximum absolute atomic E-state index is 13.2. The van der Waals surface area contributed by atoms with E-state index in [1.165, 1.54) is 0 Å². The lowest BCUT2D eigenvalue weighted by atomic mass is 9.79. The molecule has 0 unspecified atom stereocenters. The Morgan fingerprint density at radius 1 is 1.05 bits per heavy atom. The summed E-state index contributed by atoms with van der Waals surface area (Å²) in [6.45, 7) is 7.97. The average molecular weight is 274 g/mol. The van der Waals surface area contributed by atoms with E-state index in [0.29, 0.717) is 11.0 Å². The van der Waals surface area contributed by atoms with Gasteiger partial charge in [-0.15, -0.1) is 0 Å². The van der Waals surface area contributed by atoms with Crippen molar-refractivity contribution in [1.82, 2.24) is 9.97 Å². The summed E-state index contributed by atoms with van der Waals surface area (Å²) in [6.07, 6.45) is 1.11. The quantitative estimate of drug-likeness (QED) is 0.747. The summed E-state index contributed by atoms with van der Waals surface area (Å²) in [6, 6.07) is 5.42. The van der Waals surface area contributed by atoms with Gasteiger partial charge >= 0.3 is 7.12 Å². The number of nitrogens with zero attached hydrogens (tertiary/aromatic N) is 2. The van der Waals surface area contributed by atoms with Crippen LogP contribution in [0, 0.1) is 5.95 Å². The van der Waals surface area contributed by atoms with Gasteiger partial charge in [0.05, 0.1) is 28.4 Å². The van der Waals surface area contributed by atoms with Gasteiger partial charge in [0.15, 0.2) is 0 Å². The molecule has 0 radical (unpaired) electrons. The highest BCUT2D eigenvalue weighted by Crippen LogP contribution is 2.36. The molecule has 6 heteroatoms. The van der Waals surface area contributed by atoms with Crippen molar-refractivity contribution in [2.75, 3.05) is 0 Å². The zero-order valence-electron chi connectivity index (χ0n) is 12.0. The first-order chi connectivity index (χ1) is 9.28. The zero-order valence-corrected chi connectivity index (χ0v) is 12.0. The molecule has 0 bridgehead atoms. The summed E-state index contributed by atoms with van der Waals surface area (Å²) in [7, 11) is -0.477. The van der Waals surface area contributed by atoms with Gasteiger partial charge < -0.3 is 9.31 Å². The van der Waals surface area contributed by atoms with Crippen molar-refractivity contribution in [1.29, 1.82) is 0 Å². The smallest absolute Gasteiger partial charge is 0.399 e. The first-order valence-electron chi connectivity index (χ1n) is 6.56. The van der Waals surface area contributed by atoms with Gasteiger partial charge in [0.1, 0.15) is 0 Å². The summed E-state index contributed by atoms with van der Waals surface area (Å²) in [5.74, 6) is -0.594. The summed E-state index contributed by atoms with van der Waals surface area (Å²) in [4.78, 5) is 7.83. The molecular weight excluding hydrogens is 258 g/mol. The monoisotopic (exact) mass is 274 g/mol. The molecule has 2 aromatic rings. The summed E-state index contributed by atoms with van der Waals surface area (Å²) in [5, 5.41) is 0. The van der Waals surface area contributed by atoms with Crippen LogP contribution in [0.15, 0.2) is 24.4 Å². The van der Waals surface area contributed by atoms with Gasteiger partial charge in [-0.1, -0.05) is 6.07 Å². The molecule has 2 heterocycles. The predicted octanol–water partition coefficient (Wildman–Crippen LogP) is 2.07. The Kier molecular flexibility index (Phi) is 2.85. The van der Waals surface area contributed by atoms with Gasteiger partial charge in [0.2, 0.25) is 5.95 Å². The molecule has 0 amide bonds. The Bertz CT molecular complexity index is 659. The Hall–Kier alpha value is -1.53. The van der Waals surface area contributed by atoms with E-state index in [1.54, 1.807) is 12.1 Å². The number of benzene rings is 1. The molecule has 4 nitrogen and oxygen atoms in total. The van der Waals surface area contributed by atoms with Crippen LogP contribution in [0.4, 0.5) is 4.39 Å². The second-order valence-electron chi connectivity index (χ2n) is 6.03. The normalized spacial score (nSPS) is 20.6. The molecule has 1 saturated heterocycles. The number of hydrogen-bond donors (Lipinski definition) is 0. The minimum atomic E-state index is -0.594. The topological polar surface area (TPSA) is 44.2 Å². The highest BCUT2D eigenvalue weighted by molar-refractivity contribution is 6.62. The van der Waals surface area contributed by atoms with Gasteiger partial charge in [-0.05, 0) is 45.3 Å². The van der Waals surface area contributed by atoms with Gasteiger partial charge in [-0.25, -0.2) is 9.97 Å². The minimum Gasteiger partial charge on any atom is -0.399 e. The van der Waals surface area contributed by atoms with Crippen LogP contribution in [-0.4, -0.2) is 28.3 Å². The summed E-state index contributed by atoms with van der Waals surface area (Å²) < 4.78 is 25.1. The molecular formula is C14H16BFN2O2. The Balaban J connectivity index is 2.00. The van der Waals surface area contributed by atoms with Gasteiger partial charge in [0, 0.05) is 0 Å². The fourth-order valence-electron chi connectivity index (χ4n) is 2.13. The largest absolute Gasteiger partial charge is 0.494 e. The summed E-state index contributed by atoms with van der Waals surface area (Å²) >= 11 is 0. The molecule has 20 heavy (non-hydrogen) atoms. The molecule has 3 rings (SSSR count). The van der Waals surface area contributed by atoms with Crippen molar-refractivity contribution < 1.29 is 13.7 Å². The second-order valence-corrected chi connectivity index (χ2v) is 6.03. The van der Waals surface area contributed by atoms with E-state index >= 15 is 0 Å². The lowest BCUT2D eigenvalue weighted by Crippen LogP contribution is -2.41. The average Bonchev–Trinajstić information content (AvgIpc) is 2.57. The van der Waals surface area contributed by atoms with Crippen molar-refractivity contribution in [3.05, 3.63) is 30.3 Å². The molecule has 1 aliphatic heterocycles. The van der Waals surface area contributed by atoms with Crippen LogP contribution >= 0.6 is 0 Å².